The van der Waals surface area contributed by atoms with E-state index >= 15 is 0 Å². The van der Waals surface area contributed by atoms with Crippen molar-refractivity contribution in [2.24, 2.45) is 51.8 Å². The topological polar surface area (TPSA) is 64.6 Å². The number of carbonyl (C=O) groups excluding carboxylic acids is 2. The van der Waals surface area contributed by atoms with Crippen LogP contribution >= 0.6 is 0 Å². The van der Waals surface area contributed by atoms with Crippen LogP contribution in [0.3, 0.4) is 0 Å². The number of allylic oxidation sites excluding steroid dienone is 1. The van der Waals surface area contributed by atoms with Crippen molar-refractivity contribution in [3.63, 3.8) is 0 Å². The van der Waals surface area contributed by atoms with Crippen LogP contribution in [0.5, 0.6) is 0 Å². The number of hydrogen-bond donors (Lipinski definition) is 1. The molecule has 0 heterocycles. The van der Waals surface area contributed by atoms with Gasteiger partial charge in [0.05, 0.1) is 0 Å². The Balaban J connectivity index is 1.44. The van der Waals surface area contributed by atoms with Crippen molar-refractivity contribution in [1.82, 2.24) is 5.32 Å². The van der Waals surface area contributed by atoms with E-state index in [0.717, 1.165) is 42.9 Å². The van der Waals surface area contributed by atoms with Crippen LogP contribution in [-0.4, -0.2) is 37.7 Å². The molecule has 0 radical (unpaired) electrons. The predicted octanol–water partition coefficient (Wildman–Crippen LogP) is 8.51. The zero-order chi connectivity index (χ0) is 30.9. The van der Waals surface area contributed by atoms with Crippen molar-refractivity contribution in [3.05, 3.63) is 11.6 Å². The third-order valence-corrected chi connectivity index (χ3v) is 12.7. The van der Waals surface area contributed by atoms with E-state index in [1.807, 2.05) is 0 Å². The Labute approximate surface area is 257 Å². The fourth-order valence-corrected chi connectivity index (χ4v) is 10.7. The maximum absolute atomic E-state index is 13.3. The maximum atomic E-state index is 13.3. The number of hydrogen-bond acceptors (Lipinski definition) is 4. The normalized spacial score (nSPS) is 37.4. The smallest absolute Gasteiger partial charge is 0.328 e. The van der Waals surface area contributed by atoms with Crippen LogP contribution in [-0.2, 0) is 19.1 Å². The molecule has 0 saturated heterocycles. The molecule has 1 N–H and O–H groups in total. The highest BCUT2D eigenvalue weighted by Gasteiger charge is 2.64. The molecule has 0 bridgehead atoms. The molecule has 0 aromatic carbocycles. The number of fused-ring (bicyclic) bond motifs is 5. The summed E-state index contributed by atoms with van der Waals surface area (Å²) in [5.74, 6) is 3.72. The molecular formula is C37H63NO4. The minimum atomic E-state index is -0.622. The highest BCUT2D eigenvalue weighted by Crippen LogP contribution is 2.72. The Bertz CT molecular complexity index is 988. The summed E-state index contributed by atoms with van der Waals surface area (Å²) >= 11 is 0. The first-order chi connectivity index (χ1) is 19.7. The van der Waals surface area contributed by atoms with Crippen molar-refractivity contribution >= 4 is 11.9 Å². The summed E-state index contributed by atoms with van der Waals surface area (Å²) < 4.78 is 11.1. The Morgan fingerprint density at radius 1 is 0.929 bits per heavy atom. The van der Waals surface area contributed by atoms with E-state index in [1.54, 1.807) is 0 Å². The number of ether oxygens (including phenoxy) is 2. The SMILES string of the molecule is COCC(=O)NC(CC(C)C)C(=O)O[C@H]1CC[C@@]2(C)C(=CC[C@@]3(C)[C@@H]4CC[C@H]([C@H](C)CCCC(C)C)[C@@]4(C)CC[C@@H]32)C1. The van der Waals surface area contributed by atoms with Gasteiger partial charge in [0, 0.05) is 13.5 Å². The lowest BCUT2D eigenvalue weighted by Crippen LogP contribution is -2.56. The van der Waals surface area contributed by atoms with Gasteiger partial charge in [-0.15, -0.1) is 0 Å². The molecular weight excluding hydrogens is 522 g/mol. The third kappa shape index (κ3) is 6.66. The average molecular weight is 586 g/mol. The molecule has 0 spiro atoms. The van der Waals surface area contributed by atoms with Crippen molar-refractivity contribution in [2.45, 2.75) is 145 Å². The molecule has 3 fully saturated rings. The fraction of sp³-hybridized carbons (Fsp3) is 0.892. The zero-order valence-corrected chi connectivity index (χ0v) is 28.5. The van der Waals surface area contributed by atoms with Gasteiger partial charge in [-0.05, 0) is 103 Å². The zero-order valence-electron chi connectivity index (χ0n) is 28.5. The molecule has 0 aromatic rings. The second-order valence-electron chi connectivity index (χ2n) is 16.5. The van der Waals surface area contributed by atoms with Crippen molar-refractivity contribution in [2.75, 3.05) is 13.7 Å². The van der Waals surface area contributed by atoms with Gasteiger partial charge in [0.15, 0.2) is 0 Å². The van der Waals surface area contributed by atoms with Gasteiger partial charge in [-0.2, -0.15) is 0 Å². The van der Waals surface area contributed by atoms with E-state index in [0.29, 0.717) is 23.2 Å². The van der Waals surface area contributed by atoms with E-state index in [-0.39, 0.29) is 35.9 Å². The Hall–Kier alpha value is -1.36. The van der Waals surface area contributed by atoms with Crippen molar-refractivity contribution in [1.29, 1.82) is 0 Å². The molecule has 4 rings (SSSR count). The van der Waals surface area contributed by atoms with Gasteiger partial charge in [0.2, 0.25) is 5.91 Å². The summed E-state index contributed by atoms with van der Waals surface area (Å²) in [5, 5.41) is 2.84. The van der Waals surface area contributed by atoms with Crippen LogP contribution < -0.4 is 5.32 Å². The van der Waals surface area contributed by atoms with Crippen LogP contribution in [0.25, 0.3) is 0 Å². The number of rotatable bonds is 12. The molecule has 0 aliphatic heterocycles. The molecule has 240 valence electrons. The van der Waals surface area contributed by atoms with Gasteiger partial charge >= 0.3 is 5.97 Å². The van der Waals surface area contributed by atoms with Crippen LogP contribution in [0.2, 0.25) is 0 Å². The van der Waals surface area contributed by atoms with E-state index in [4.69, 9.17) is 9.47 Å². The number of amides is 1. The standard InChI is InChI=1S/C37H63NO4/c1-24(2)11-10-12-26(5)29-13-14-31-36(29,7)20-17-32-35(6)19-16-28(22-27(35)15-18-37(31,32)8)42-34(40)30(21-25(3)4)38-33(39)23-41-9/h15,24-26,28-32H,10-14,16-23H2,1-9H3,(H,38,39)/t26-,28+,29-,30?,31-,32-,35+,36-,37+/m1/s1. The van der Waals surface area contributed by atoms with Crippen LogP contribution in [0.1, 0.15) is 132 Å². The third-order valence-electron chi connectivity index (χ3n) is 12.7. The molecule has 5 heteroatoms. The molecule has 42 heavy (non-hydrogen) atoms. The molecule has 0 aromatic heterocycles. The Morgan fingerprint density at radius 2 is 1.67 bits per heavy atom. The van der Waals surface area contributed by atoms with Crippen LogP contribution in [0, 0.1) is 51.8 Å². The summed E-state index contributed by atoms with van der Waals surface area (Å²) in [6.07, 6.45) is 16.7. The average Bonchev–Trinajstić information content (AvgIpc) is 3.26. The molecule has 3 saturated carbocycles. The van der Waals surface area contributed by atoms with Crippen molar-refractivity contribution < 1.29 is 19.1 Å². The second kappa shape index (κ2) is 13.3. The summed E-state index contributed by atoms with van der Waals surface area (Å²) in [6.45, 7) is 19.2. The molecule has 4 aliphatic rings. The maximum Gasteiger partial charge on any atom is 0.328 e. The molecule has 1 unspecified atom stereocenters. The molecule has 1 amide bonds. The molecule has 9 atom stereocenters. The lowest BCUT2D eigenvalue weighted by molar-refractivity contribution is -0.157. The monoisotopic (exact) mass is 585 g/mol. The van der Waals surface area contributed by atoms with Crippen LogP contribution in [0.4, 0.5) is 0 Å². The van der Waals surface area contributed by atoms with Gasteiger partial charge in [-0.1, -0.05) is 86.3 Å². The summed E-state index contributed by atoms with van der Waals surface area (Å²) in [7, 11) is 1.49. The Morgan fingerprint density at radius 3 is 2.33 bits per heavy atom. The number of methoxy groups -OCH3 is 1. The van der Waals surface area contributed by atoms with E-state index in [1.165, 1.54) is 64.0 Å². The minimum Gasteiger partial charge on any atom is -0.461 e. The summed E-state index contributed by atoms with van der Waals surface area (Å²) in [6, 6.07) is -0.622. The lowest BCUT2D eigenvalue weighted by atomic mass is 9.41. The first-order valence-corrected chi connectivity index (χ1v) is 17.4. The second-order valence-corrected chi connectivity index (χ2v) is 16.5. The number of nitrogens with one attached hydrogen (secondary N) is 1. The van der Waals surface area contributed by atoms with Gasteiger partial charge < -0.3 is 14.8 Å². The van der Waals surface area contributed by atoms with Gasteiger partial charge in [0.25, 0.3) is 0 Å². The van der Waals surface area contributed by atoms with E-state index in [9.17, 15) is 9.59 Å². The van der Waals surface area contributed by atoms with Gasteiger partial charge in [-0.3, -0.25) is 4.79 Å². The van der Waals surface area contributed by atoms with Gasteiger partial charge in [0.1, 0.15) is 18.8 Å². The highest BCUT2D eigenvalue weighted by molar-refractivity contribution is 5.85. The van der Waals surface area contributed by atoms with E-state index < -0.39 is 6.04 Å². The first-order valence-electron chi connectivity index (χ1n) is 17.4. The predicted molar refractivity (Wildman–Crippen MR) is 171 cm³/mol. The fourth-order valence-electron chi connectivity index (χ4n) is 10.7. The lowest BCUT2D eigenvalue weighted by Gasteiger charge is -2.63. The summed E-state index contributed by atoms with van der Waals surface area (Å²) in [4.78, 5) is 25.5. The Kier molecular flexibility index (Phi) is 10.6. The number of esters is 1. The minimum absolute atomic E-state index is 0.0471. The first kappa shape index (κ1) is 33.5. The highest BCUT2D eigenvalue weighted by atomic mass is 16.5. The quantitative estimate of drug-likeness (QED) is 0.184. The van der Waals surface area contributed by atoms with Crippen molar-refractivity contribution in [3.8, 4) is 0 Å². The molecule has 4 aliphatic carbocycles. The number of carbonyl (C=O) groups is 2. The van der Waals surface area contributed by atoms with Crippen LogP contribution in [0.15, 0.2) is 11.6 Å². The largest absolute Gasteiger partial charge is 0.461 e. The van der Waals surface area contributed by atoms with E-state index in [2.05, 4.69) is 66.8 Å². The summed E-state index contributed by atoms with van der Waals surface area (Å²) in [5.41, 5.74) is 2.55. The molecule has 5 nitrogen and oxygen atoms in total. The van der Waals surface area contributed by atoms with Gasteiger partial charge in [-0.25, -0.2) is 4.79 Å².